The molecule has 0 aliphatic heterocycles. The van der Waals surface area contributed by atoms with Crippen molar-refractivity contribution in [3.05, 3.63) is 94.7 Å². The van der Waals surface area contributed by atoms with Gasteiger partial charge in [0, 0.05) is 13.1 Å². The van der Waals surface area contributed by atoms with E-state index in [0.717, 1.165) is 33.9 Å². The summed E-state index contributed by atoms with van der Waals surface area (Å²) in [5.74, 6) is 2.94. The number of rotatable bonds is 11. The lowest BCUT2D eigenvalue weighted by Gasteiger charge is -2.24. The van der Waals surface area contributed by atoms with Gasteiger partial charge in [-0.3, -0.25) is 0 Å². The molecule has 0 aliphatic carbocycles. The van der Waals surface area contributed by atoms with Crippen molar-refractivity contribution in [1.82, 2.24) is 14.8 Å². The molecule has 4 aromatic rings. The van der Waals surface area contributed by atoms with E-state index in [0.29, 0.717) is 25.6 Å². The van der Waals surface area contributed by atoms with Crippen LogP contribution >= 0.6 is 0 Å². The summed E-state index contributed by atoms with van der Waals surface area (Å²) < 4.78 is 17.6. The Morgan fingerprint density at radius 2 is 1.14 bits per heavy atom. The van der Waals surface area contributed by atoms with Crippen molar-refractivity contribution in [3.63, 3.8) is 0 Å². The third kappa shape index (κ3) is 6.01. The molecule has 1 heterocycles. The summed E-state index contributed by atoms with van der Waals surface area (Å²) >= 11 is 0. The molecule has 0 saturated heterocycles. The Balaban J connectivity index is 1.67. The number of nitrogens with one attached hydrogen (secondary N) is 1. The number of methoxy groups -OCH3 is 3. The topological polar surface area (TPSA) is 96.7 Å². The zero-order chi connectivity index (χ0) is 24.6. The van der Waals surface area contributed by atoms with E-state index < -0.39 is 0 Å². The minimum Gasteiger partial charge on any atom is -0.759 e. The fourth-order valence-electron chi connectivity index (χ4n) is 3.72. The number of anilines is 2. The molecule has 0 fully saturated rings. The first-order valence-electron chi connectivity index (χ1n) is 11.1. The Hall–Kier alpha value is -4.24. The zero-order valence-electron chi connectivity index (χ0n) is 20.0. The van der Waals surface area contributed by atoms with E-state index in [-0.39, 0.29) is 5.95 Å². The molecule has 4 rings (SSSR count). The number of aromatic nitrogens is 3. The molecule has 0 unspecified atom stereocenters. The van der Waals surface area contributed by atoms with E-state index in [4.69, 9.17) is 14.2 Å². The van der Waals surface area contributed by atoms with E-state index in [2.05, 4.69) is 15.0 Å². The van der Waals surface area contributed by atoms with Crippen molar-refractivity contribution in [2.75, 3.05) is 31.7 Å². The van der Waals surface area contributed by atoms with Gasteiger partial charge in [-0.1, -0.05) is 36.4 Å². The van der Waals surface area contributed by atoms with E-state index in [1.165, 1.54) is 0 Å². The summed E-state index contributed by atoms with van der Waals surface area (Å²) in [4.78, 5) is 6.58. The number of hydrogen-bond donors (Lipinski definition) is 1. The highest BCUT2D eigenvalue weighted by molar-refractivity contribution is 5.42. The Kier molecular flexibility index (Phi) is 7.69. The Morgan fingerprint density at radius 3 is 1.54 bits per heavy atom. The van der Waals surface area contributed by atoms with Gasteiger partial charge in [-0.15, -0.1) is 5.10 Å². The van der Waals surface area contributed by atoms with Gasteiger partial charge in [0.25, 0.3) is 0 Å². The predicted molar refractivity (Wildman–Crippen MR) is 135 cm³/mol. The van der Waals surface area contributed by atoms with Crippen molar-refractivity contribution >= 4 is 11.9 Å². The molecule has 0 spiro atoms. The van der Waals surface area contributed by atoms with E-state index >= 15 is 0 Å². The number of nitrogens with zero attached hydrogens (tertiary/aromatic N) is 4. The Bertz CT molecular complexity index is 1160. The van der Waals surface area contributed by atoms with Gasteiger partial charge in [0.15, 0.2) is 0 Å². The van der Waals surface area contributed by atoms with Gasteiger partial charge in [0.1, 0.15) is 17.2 Å². The van der Waals surface area contributed by atoms with Crippen LogP contribution in [-0.2, 0) is 19.6 Å². The highest BCUT2D eigenvalue weighted by atomic mass is 16.5. The summed E-state index contributed by atoms with van der Waals surface area (Å²) in [7, 11) is 4.92. The zero-order valence-corrected chi connectivity index (χ0v) is 20.0. The van der Waals surface area contributed by atoms with Gasteiger partial charge >= 0.3 is 0 Å². The second-order valence-electron chi connectivity index (χ2n) is 7.90. The van der Waals surface area contributed by atoms with Crippen LogP contribution in [0.4, 0.5) is 11.9 Å². The maximum absolute atomic E-state index is 11.5. The van der Waals surface area contributed by atoms with E-state index in [1.54, 1.807) is 26.0 Å². The smallest absolute Gasteiger partial charge is 0.233 e. The second-order valence-corrected chi connectivity index (χ2v) is 7.90. The molecule has 1 N–H and O–H groups in total. The number of hydrogen-bond acceptors (Lipinski definition) is 8. The molecule has 0 radical (unpaired) electrons. The standard InChI is InChI=1S/C26H28N5O4/c1-33-22-10-4-19(5-11-22)16-30(17-20-6-12-23(34-2)13-7-20)26-27-25(29-32)28-31(26)18-21-8-14-24(35-3)15-9-21/h4-15H,16-18H2,1-3H3,(H-,28,29,32)/q-1. The van der Waals surface area contributed by atoms with E-state index in [1.807, 2.05) is 78.3 Å². The molecule has 0 aliphatic rings. The normalized spacial score (nSPS) is 10.6. The first kappa shape index (κ1) is 23.9. The first-order chi connectivity index (χ1) is 17.1. The van der Waals surface area contributed by atoms with Gasteiger partial charge < -0.3 is 29.8 Å². The number of benzene rings is 3. The van der Waals surface area contributed by atoms with Crippen LogP contribution in [0.2, 0.25) is 0 Å². The molecule has 0 saturated carbocycles. The molecule has 9 heteroatoms. The van der Waals surface area contributed by atoms with Crippen LogP contribution in [0.15, 0.2) is 72.8 Å². The quantitative estimate of drug-likeness (QED) is 0.318. The van der Waals surface area contributed by atoms with Crippen LogP contribution in [0.1, 0.15) is 16.7 Å². The minimum atomic E-state index is 0.0166. The van der Waals surface area contributed by atoms with E-state index in [9.17, 15) is 5.21 Å². The SMILES string of the molecule is COc1ccc(CN(Cc2ccc(OC)cc2)c2nc(N[O-])nn2Cc2ccc(OC)cc2)cc1. The average molecular weight is 475 g/mol. The molecule has 3 aromatic carbocycles. The van der Waals surface area contributed by atoms with Crippen molar-refractivity contribution in [2.24, 2.45) is 0 Å². The molecule has 35 heavy (non-hydrogen) atoms. The van der Waals surface area contributed by atoms with Gasteiger partial charge in [-0.2, -0.15) is 4.98 Å². The van der Waals surface area contributed by atoms with Crippen LogP contribution < -0.4 is 24.6 Å². The molecule has 9 nitrogen and oxygen atoms in total. The third-order valence-corrected chi connectivity index (χ3v) is 5.58. The van der Waals surface area contributed by atoms with Gasteiger partial charge in [0.2, 0.25) is 11.9 Å². The molecule has 0 amide bonds. The van der Waals surface area contributed by atoms with Crippen molar-refractivity contribution in [3.8, 4) is 17.2 Å². The average Bonchev–Trinajstić information content (AvgIpc) is 3.32. The summed E-state index contributed by atoms with van der Waals surface area (Å²) in [5, 5.41) is 15.9. The molecule has 0 atom stereocenters. The minimum absolute atomic E-state index is 0.0166. The number of ether oxygens (including phenoxy) is 3. The van der Waals surface area contributed by atoms with Crippen molar-refractivity contribution in [2.45, 2.75) is 19.6 Å². The monoisotopic (exact) mass is 474 g/mol. The Labute approximate surface area is 204 Å². The lowest BCUT2D eigenvalue weighted by molar-refractivity contribution is 0.414. The van der Waals surface area contributed by atoms with Gasteiger partial charge in [-0.05, 0) is 53.1 Å². The summed E-state index contributed by atoms with van der Waals surface area (Å²) in [5.41, 5.74) is 4.96. The molecular weight excluding hydrogens is 446 g/mol. The summed E-state index contributed by atoms with van der Waals surface area (Å²) in [6.45, 7) is 1.54. The summed E-state index contributed by atoms with van der Waals surface area (Å²) in [6, 6.07) is 23.5. The molecule has 182 valence electrons. The van der Waals surface area contributed by atoms with Crippen LogP contribution in [-0.4, -0.2) is 36.1 Å². The maximum atomic E-state index is 11.5. The maximum Gasteiger partial charge on any atom is 0.233 e. The summed E-state index contributed by atoms with van der Waals surface area (Å²) in [6.07, 6.45) is 0. The van der Waals surface area contributed by atoms with Crippen LogP contribution in [0.5, 0.6) is 17.2 Å². The van der Waals surface area contributed by atoms with Gasteiger partial charge in [0.05, 0.1) is 27.9 Å². The molecule has 1 aromatic heterocycles. The van der Waals surface area contributed by atoms with Crippen LogP contribution in [0, 0.1) is 5.21 Å². The molecular formula is C26H28N5O4-. The van der Waals surface area contributed by atoms with Crippen LogP contribution in [0.3, 0.4) is 0 Å². The Morgan fingerprint density at radius 1 is 0.714 bits per heavy atom. The predicted octanol–water partition coefficient (Wildman–Crippen LogP) is 4.47. The first-order valence-corrected chi connectivity index (χ1v) is 11.1. The fraction of sp³-hybridized carbons (Fsp3) is 0.231. The van der Waals surface area contributed by atoms with Crippen LogP contribution in [0.25, 0.3) is 0 Å². The fourth-order valence-corrected chi connectivity index (χ4v) is 3.72. The van der Waals surface area contributed by atoms with Crippen molar-refractivity contribution in [1.29, 1.82) is 0 Å². The van der Waals surface area contributed by atoms with Gasteiger partial charge in [-0.25, -0.2) is 4.68 Å². The third-order valence-electron chi connectivity index (χ3n) is 5.58. The van der Waals surface area contributed by atoms with Crippen molar-refractivity contribution < 1.29 is 14.2 Å². The molecule has 0 bridgehead atoms. The lowest BCUT2D eigenvalue weighted by atomic mass is 10.1. The highest BCUT2D eigenvalue weighted by Crippen LogP contribution is 2.24. The second kappa shape index (κ2) is 11.3. The highest BCUT2D eigenvalue weighted by Gasteiger charge is 2.18. The largest absolute Gasteiger partial charge is 0.759 e. The lowest BCUT2D eigenvalue weighted by Crippen LogP contribution is -2.26.